The molecule has 0 unspecified atom stereocenters. The van der Waals surface area contributed by atoms with Crippen molar-refractivity contribution in [2.24, 2.45) is 0 Å². The predicted octanol–water partition coefficient (Wildman–Crippen LogP) is 4.55. The summed E-state index contributed by atoms with van der Waals surface area (Å²) < 4.78 is 0. The molecule has 96 valence electrons. The first-order valence-electron chi connectivity index (χ1n) is 6.80. The van der Waals surface area contributed by atoms with Crippen LogP contribution in [0.5, 0.6) is 0 Å². The minimum atomic E-state index is 1.04. The second kappa shape index (κ2) is 4.01. The third-order valence-corrected chi connectivity index (χ3v) is 3.90. The molecule has 0 N–H and O–H groups in total. The standard InChI is InChI=1S/C18H14N2/c1-11-17-13-7-3-6-10-16(13)20-12(2)18(17)14-8-4-5-9-15(14)19-11/h3-10H,1-2H3. The normalized spacial score (nSPS) is 11.5. The highest BCUT2D eigenvalue weighted by molar-refractivity contribution is 6.17. The molecule has 2 nitrogen and oxygen atoms in total. The molecule has 0 aliphatic rings. The minimum absolute atomic E-state index is 1.04. The summed E-state index contributed by atoms with van der Waals surface area (Å²) >= 11 is 0. The molecule has 4 rings (SSSR count). The van der Waals surface area contributed by atoms with Crippen LogP contribution in [0.15, 0.2) is 48.5 Å². The van der Waals surface area contributed by atoms with Crippen LogP contribution in [-0.2, 0) is 0 Å². The first-order valence-corrected chi connectivity index (χ1v) is 6.80. The highest BCUT2D eigenvalue weighted by atomic mass is 14.7. The minimum Gasteiger partial charge on any atom is -0.252 e. The predicted molar refractivity (Wildman–Crippen MR) is 84.0 cm³/mol. The van der Waals surface area contributed by atoms with E-state index < -0.39 is 0 Å². The number of hydrogen-bond donors (Lipinski definition) is 0. The molecular weight excluding hydrogens is 244 g/mol. The van der Waals surface area contributed by atoms with E-state index in [1.807, 2.05) is 12.1 Å². The maximum Gasteiger partial charge on any atom is 0.0712 e. The molecule has 20 heavy (non-hydrogen) atoms. The van der Waals surface area contributed by atoms with Crippen LogP contribution in [0.1, 0.15) is 11.4 Å². The monoisotopic (exact) mass is 258 g/mol. The lowest BCUT2D eigenvalue weighted by Crippen LogP contribution is -1.94. The van der Waals surface area contributed by atoms with Crippen LogP contribution < -0.4 is 0 Å². The third-order valence-electron chi connectivity index (χ3n) is 3.90. The third kappa shape index (κ3) is 1.45. The van der Waals surface area contributed by atoms with Crippen LogP contribution in [0.25, 0.3) is 32.6 Å². The quantitative estimate of drug-likeness (QED) is 0.432. The topological polar surface area (TPSA) is 25.8 Å². The number of fused-ring (bicyclic) bond motifs is 5. The zero-order valence-electron chi connectivity index (χ0n) is 11.5. The van der Waals surface area contributed by atoms with E-state index in [2.05, 4.69) is 50.2 Å². The maximum absolute atomic E-state index is 4.77. The molecule has 0 spiro atoms. The molecule has 0 aliphatic heterocycles. The van der Waals surface area contributed by atoms with Gasteiger partial charge in [0.05, 0.1) is 11.0 Å². The van der Waals surface area contributed by atoms with Crippen LogP contribution in [0.2, 0.25) is 0 Å². The molecular formula is C18H14N2. The molecule has 0 aliphatic carbocycles. The van der Waals surface area contributed by atoms with Gasteiger partial charge in [0, 0.05) is 32.9 Å². The average molecular weight is 258 g/mol. The van der Waals surface area contributed by atoms with Gasteiger partial charge in [-0.05, 0) is 26.0 Å². The molecule has 0 saturated heterocycles. The van der Waals surface area contributed by atoms with Crippen LogP contribution in [0.3, 0.4) is 0 Å². The lowest BCUT2D eigenvalue weighted by molar-refractivity contribution is 1.26. The highest BCUT2D eigenvalue weighted by Gasteiger charge is 2.12. The van der Waals surface area contributed by atoms with E-state index in [-0.39, 0.29) is 0 Å². The van der Waals surface area contributed by atoms with Crippen LogP contribution in [0, 0.1) is 13.8 Å². The second-order valence-electron chi connectivity index (χ2n) is 5.18. The SMILES string of the molecule is Cc1nc2ccccc2c2c(C)nc3ccccc3c12. The first-order chi connectivity index (χ1) is 9.75. The van der Waals surface area contributed by atoms with E-state index in [1.54, 1.807) is 0 Å². The molecule has 4 aromatic rings. The molecule has 0 amide bonds. The number of nitrogens with zero attached hydrogens (tertiary/aromatic N) is 2. The maximum atomic E-state index is 4.77. The summed E-state index contributed by atoms with van der Waals surface area (Å²) in [6, 6.07) is 16.6. The van der Waals surface area contributed by atoms with Crippen molar-refractivity contribution < 1.29 is 0 Å². The van der Waals surface area contributed by atoms with Gasteiger partial charge in [0.2, 0.25) is 0 Å². The number of hydrogen-bond acceptors (Lipinski definition) is 2. The molecule has 0 radical (unpaired) electrons. The van der Waals surface area contributed by atoms with Crippen molar-refractivity contribution in [1.82, 2.24) is 9.97 Å². The Hall–Kier alpha value is -2.48. The van der Waals surface area contributed by atoms with Gasteiger partial charge in [-0.25, -0.2) is 0 Å². The Bertz CT molecular complexity index is 890. The number of benzene rings is 2. The lowest BCUT2D eigenvalue weighted by atomic mass is 9.99. The molecule has 2 aromatic heterocycles. The number of rotatable bonds is 0. The van der Waals surface area contributed by atoms with E-state index in [0.29, 0.717) is 0 Å². The summed E-state index contributed by atoms with van der Waals surface area (Å²) in [5, 5.41) is 4.83. The van der Waals surface area contributed by atoms with E-state index in [9.17, 15) is 0 Å². The van der Waals surface area contributed by atoms with Gasteiger partial charge in [0.15, 0.2) is 0 Å². The van der Waals surface area contributed by atoms with Gasteiger partial charge in [-0.2, -0.15) is 0 Å². The van der Waals surface area contributed by atoms with Crippen molar-refractivity contribution in [3.05, 3.63) is 59.9 Å². The molecule has 2 heteroatoms. The average Bonchev–Trinajstić information content (AvgIpc) is 2.47. The van der Waals surface area contributed by atoms with Gasteiger partial charge >= 0.3 is 0 Å². The number of pyridine rings is 2. The Kier molecular flexibility index (Phi) is 2.27. The molecule has 0 bridgehead atoms. The van der Waals surface area contributed by atoms with Gasteiger partial charge in [-0.1, -0.05) is 36.4 Å². The number of aryl methyl sites for hydroxylation is 2. The fraction of sp³-hybridized carbons (Fsp3) is 0.111. The van der Waals surface area contributed by atoms with Gasteiger partial charge in [-0.3, -0.25) is 9.97 Å². The van der Waals surface area contributed by atoms with Crippen LogP contribution in [0.4, 0.5) is 0 Å². The van der Waals surface area contributed by atoms with Crippen molar-refractivity contribution in [2.45, 2.75) is 13.8 Å². The van der Waals surface area contributed by atoms with Crippen LogP contribution >= 0.6 is 0 Å². The van der Waals surface area contributed by atoms with Crippen LogP contribution in [-0.4, -0.2) is 9.97 Å². The van der Waals surface area contributed by atoms with Crippen molar-refractivity contribution in [3.63, 3.8) is 0 Å². The summed E-state index contributed by atoms with van der Waals surface area (Å²) in [6.07, 6.45) is 0. The van der Waals surface area contributed by atoms with Gasteiger partial charge in [-0.15, -0.1) is 0 Å². The van der Waals surface area contributed by atoms with E-state index in [0.717, 1.165) is 22.4 Å². The fourth-order valence-electron chi connectivity index (χ4n) is 3.06. The van der Waals surface area contributed by atoms with Crippen molar-refractivity contribution >= 4 is 32.6 Å². The molecule has 0 fully saturated rings. The Morgan fingerprint density at radius 3 is 1.45 bits per heavy atom. The van der Waals surface area contributed by atoms with E-state index in [1.165, 1.54) is 21.5 Å². The summed E-state index contributed by atoms with van der Waals surface area (Å²) in [4.78, 5) is 9.53. The molecule has 2 aromatic carbocycles. The largest absolute Gasteiger partial charge is 0.252 e. The lowest BCUT2D eigenvalue weighted by Gasteiger charge is -2.11. The summed E-state index contributed by atoms with van der Waals surface area (Å²) in [7, 11) is 0. The van der Waals surface area contributed by atoms with Crippen molar-refractivity contribution in [1.29, 1.82) is 0 Å². The summed E-state index contributed by atoms with van der Waals surface area (Å²) in [5.74, 6) is 0. The zero-order valence-corrected chi connectivity index (χ0v) is 11.5. The van der Waals surface area contributed by atoms with Gasteiger partial charge in [0.1, 0.15) is 0 Å². The van der Waals surface area contributed by atoms with E-state index in [4.69, 9.17) is 9.97 Å². The van der Waals surface area contributed by atoms with Gasteiger partial charge in [0.25, 0.3) is 0 Å². The fourth-order valence-corrected chi connectivity index (χ4v) is 3.06. The van der Waals surface area contributed by atoms with Crippen molar-refractivity contribution in [2.75, 3.05) is 0 Å². The Morgan fingerprint density at radius 2 is 1.00 bits per heavy atom. The molecule has 0 atom stereocenters. The Balaban J connectivity index is 2.40. The Morgan fingerprint density at radius 1 is 0.600 bits per heavy atom. The van der Waals surface area contributed by atoms with Gasteiger partial charge < -0.3 is 0 Å². The smallest absolute Gasteiger partial charge is 0.0712 e. The first kappa shape index (κ1) is 11.4. The number of aromatic nitrogens is 2. The van der Waals surface area contributed by atoms with Crippen molar-refractivity contribution in [3.8, 4) is 0 Å². The Labute approximate surface area is 117 Å². The van der Waals surface area contributed by atoms with E-state index >= 15 is 0 Å². The zero-order chi connectivity index (χ0) is 13.7. The summed E-state index contributed by atoms with van der Waals surface area (Å²) in [5.41, 5.74) is 4.22. The summed E-state index contributed by atoms with van der Waals surface area (Å²) in [6.45, 7) is 4.17. The highest BCUT2D eigenvalue weighted by Crippen LogP contribution is 2.33. The molecule has 2 heterocycles. The second-order valence-corrected chi connectivity index (χ2v) is 5.18. The molecule has 0 saturated carbocycles. The number of para-hydroxylation sites is 2.